The van der Waals surface area contributed by atoms with Crippen molar-refractivity contribution in [3.05, 3.63) is 34.4 Å². The van der Waals surface area contributed by atoms with E-state index in [1.165, 1.54) is 29.2 Å². The minimum absolute atomic E-state index is 0.0215. The number of benzene rings is 1. The van der Waals surface area contributed by atoms with Gasteiger partial charge in [0.1, 0.15) is 12.4 Å². The Bertz CT molecular complexity index is 691. The summed E-state index contributed by atoms with van der Waals surface area (Å²) in [4.78, 5) is 48.4. The molecule has 10 nitrogen and oxygen atoms in total. The van der Waals surface area contributed by atoms with Crippen LogP contribution in [0.15, 0.2) is 24.3 Å². The largest absolute Gasteiger partial charge is 0.513 e. The van der Waals surface area contributed by atoms with E-state index in [9.17, 15) is 24.5 Å². The molecule has 0 unspecified atom stereocenters. The average molecular weight is 395 g/mol. The number of likely N-dealkylation sites (N-methyl/N-ethyl adjacent to an activating group) is 1. The molecule has 0 saturated carbocycles. The van der Waals surface area contributed by atoms with Gasteiger partial charge in [-0.1, -0.05) is 13.8 Å². The van der Waals surface area contributed by atoms with E-state index < -0.39 is 11.1 Å². The number of amides is 2. The highest BCUT2D eigenvalue weighted by atomic mass is 16.7. The minimum atomic E-state index is -0.976. The van der Waals surface area contributed by atoms with Crippen LogP contribution in [0, 0.1) is 10.1 Å². The minimum Gasteiger partial charge on any atom is -0.432 e. The smallest absolute Gasteiger partial charge is 0.432 e. The molecule has 28 heavy (non-hydrogen) atoms. The third-order valence-corrected chi connectivity index (χ3v) is 3.92. The van der Waals surface area contributed by atoms with Gasteiger partial charge < -0.3 is 19.3 Å². The molecule has 0 N–H and O–H groups in total. The van der Waals surface area contributed by atoms with Gasteiger partial charge >= 0.3 is 6.16 Å². The van der Waals surface area contributed by atoms with Crippen molar-refractivity contribution < 1.29 is 28.8 Å². The summed E-state index contributed by atoms with van der Waals surface area (Å²) in [5, 5.41) is 10.6. The van der Waals surface area contributed by atoms with Gasteiger partial charge in [0.25, 0.3) is 5.69 Å². The van der Waals surface area contributed by atoms with Gasteiger partial charge in [-0.2, -0.15) is 0 Å². The van der Waals surface area contributed by atoms with E-state index >= 15 is 0 Å². The molecule has 0 aliphatic heterocycles. The lowest BCUT2D eigenvalue weighted by Crippen LogP contribution is -2.40. The number of nitro groups is 1. The third kappa shape index (κ3) is 7.60. The van der Waals surface area contributed by atoms with Gasteiger partial charge in [-0.25, -0.2) is 4.79 Å². The Hall–Kier alpha value is -3.17. The third-order valence-electron chi connectivity index (χ3n) is 3.92. The zero-order valence-electron chi connectivity index (χ0n) is 16.3. The predicted molar refractivity (Wildman–Crippen MR) is 99.9 cm³/mol. The van der Waals surface area contributed by atoms with E-state index in [1.54, 1.807) is 25.8 Å². The molecule has 0 radical (unpaired) electrons. The van der Waals surface area contributed by atoms with Crippen LogP contribution in [-0.4, -0.2) is 66.0 Å². The first kappa shape index (κ1) is 22.9. The second-order valence-electron chi connectivity index (χ2n) is 5.85. The summed E-state index contributed by atoms with van der Waals surface area (Å²) in [6.07, 6.45) is -0.301. The maximum atomic E-state index is 12.0. The zero-order valence-corrected chi connectivity index (χ0v) is 16.3. The standard InChI is InChI=1S/C18H25N3O7/c1-4-16(22)19(3)10-11-20(17(23)5-2)12-13-27-18(24)28-15-8-6-14(7-9-15)21(25)26/h6-9H,4-5,10-13H2,1-3H3. The summed E-state index contributed by atoms with van der Waals surface area (Å²) in [6.45, 7) is 4.28. The van der Waals surface area contributed by atoms with E-state index in [2.05, 4.69) is 0 Å². The van der Waals surface area contributed by atoms with Crippen molar-refractivity contribution in [1.29, 1.82) is 0 Å². The van der Waals surface area contributed by atoms with Crippen LogP contribution < -0.4 is 4.74 Å². The van der Waals surface area contributed by atoms with Gasteiger partial charge in [-0.15, -0.1) is 0 Å². The number of ether oxygens (including phenoxy) is 2. The second-order valence-corrected chi connectivity index (χ2v) is 5.85. The van der Waals surface area contributed by atoms with Crippen LogP contribution in [0.25, 0.3) is 0 Å². The molecule has 0 aromatic heterocycles. The summed E-state index contributed by atoms with van der Waals surface area (Å²) in [7, 11) is 1.67. The fourth-order valence-electron chi connectivity index (χ4n) is 2.25. The Kier molecular flexibility index (Phi) is 9.41. The van der Waals surface area contributed by atoms with Crippen LogP contribution in [0.3, 0.4) is 0 Å². The van der Waals surface area contributed by atoms with Crippen molar-refractivity contribution in [2.75, 3.05) is 33.3 Å². The van der Waals surface area contributed by atoms with Crippen molar-refractivity contribution >= 4 is 23.7 Å². The number of carbonyl (C=O) groups excluding carboxylic acids is 3. The molecule has 1 rings (SSSR count). The molecule has 0 atom stereocenters. The van der Waals surface area contributed by atoms with E-state index in [0.29, 0.717) is 25.9 Å². The van der Waals surface area contributed by atoms with Gasteiger partial charge in [0.2, 0.25) is 11.8 Å². The molecule has 0 bridgehead atoms. The predicted octanol–water partition coefficient (Wildman–Crippen LogP) is 2.22. The topological polar surface area (TPSA) is 119 Å². The maximum absolute atomic E-state index is 12.0. The molecule has 0 saturated heterocycles. The number of nitrogens with zero attached hydrogens (tertiary/aromatic N) is 3. The van der Waals surface area contributed by atoms with Crippen LogP contribution in [0.2, 0.25) is 0 Å². The number of hydrogen-bond donors (Lipinski definition) is 0. The molecule has 0 heterocycles. The first-order chi connectivity index (χ1) is 13.3. The number of carbonyl (C=O) groups is 3. The fourth-order valence-corrected chi connectivity index (χ4v) is 2.25. The highest BCUT2D eigenvalue weighted by molar-refractivity contribution is 5.77. The average Bonchev–Trinajstić information content (AvgIpc) is 2.69. The second kappa shape index (κ2) is 11.5. The van der Waals surface area contributed by atoms with Gasteiger partial charge in [-0.05, 0) is 12.1 Å². The molecule has 1 aromatic rings. The van der Waals surface area contributed by atoms with Crippen molar-refractivity contribution in [2.24, 2.45) is 0 Å². The summed E-state index contributed by atoms with van der Waals surface area (Å²) < 4.78 is 9.88. The maximum Gasteiger partial charge on any atom is 0.513 e. The van der Waals surface area contributed by atoms with Crippen LogP contribution in [0.4, 0.5) is 10.5 Å². The van der Waals surface area contributed by atoms with Crippen molar-refractivity contribution in [3.63, 3.8) is 0 Å². The highest BCUT2D eigenvalue weighted by Gasteiger charge is 2.15. The summed E-state index contributed by atoms with van der Waals surface area (Å²) in [6, 6.07) is 4.98. The van der Waals surface area contributed by atoms with E-state index in [1.807, 2.05) is 0 Å². The van der Waals surface area contributed by atoms with Gasteiger partial charge in [0.05, 0.1) is 11.5 Å². The van der Waals surface area contributed by atoms with Crippen LogP contribution >= 0.6 is 0 Å². The van der Waals surface area contributed by atoms with Gasteiger partial charge in [-0.3, -0.25) is 19.7 Å². The quantitative estimate of drug-likeness (QED) is 0.258. The summed E-state index contributed by atoms with van der Waals surface area (Å²) >= 11 is 0. The lowest BCUT2D eigenvalue weighted by atomic mass is 10.3. The lowest BCUT2D eigenvalue weighted by molar-refractivity contribution is -0.384. The SMILES string of the molecule is CCC(=O)N(C)CCN(CCOC(=O)Oc1ccc([N+](=O)[O-])cc1)C(=O)CC. The first-order valence-corrected chi connectivity index (χ1v) is 8.89. The lowest BCUT2D eigenvalue weighted by Gasteiger charge is -2.25. The Morgan fingerprint density at radius 2 is 1.61 bits per heavy atom. The Morgan fingerprint density at radius 3 is 2.14 bits per heavy atom. The Balaban J connectivity index is 2.47. The molecule has 10 heteroatoms. The van der Waals surface area contributed by atoms with Gasteiger partial charge in [0.15, 0.2) is 0 Å². The van der Waals surface area contributed by atoms with Crippen LogP contribution in [0.5, 0.6) is 5.75 Å². The molecule has 2 amide bonds. The molecule has 0 aliphatic rings. The zero-order chi connectivity index (χ0) is 21.1. The molecular weight excluding hydrogens is 370 g/mol. The van der Waals surface area contributed by atoms with Crippen LogP contribution in [0.1, 0.15) is 26.7 Å². The summed E-state index contributed by atoms with van der Waals surface area (Å²) in [5.74, 6) is -0.0340. The molecular formula is C18H25N3O7. The Labute approximate surface area is 163 Å². The molecule has 0 fully saturated rings. The molecule has 0 spiro atoms. The fraction of sp³-hybridized carbons (Fsp3) is 0.500. The highest BCUT2D eigenvalue weighted by Crippen LogP contribution is 2.17. The van der Waals surface area contributed by atoms with Crippen molar-refractivity contribution in [2.45, 2.75) is 26.7 Å². The van der Waals surface area contributed by atoms with Crippen molar-refractivity contribution in [3.8, 4) is 5.75 Å². The number of nitro benzene ring substituents is 1. The summed E-state index contributed by atoms with van der Waals surface area (Å²) in [5.41, 5.74) is -0.124. The first-order valence-electron chi connectivity index (χ1n) is 8.89. The number of rotatable bonds is 10. The monoisotopic (exact) mass is 395 g/mol. The number of non-ortho nitro benzene ring substituents is 1. The molecule has 154 valence electrons. The van der Waals surface area contributed by atoms with Crippen LogP contribution in [-0.2, 0) is 14.3 Å². The van der Waals surface area contributed by atoms with E-state index in [-0.39, 0.29) is 36.4 Å². The van der Waals surface area contributed by atoms with Gasteiger partial charge in [0, 0.05) is 45.1 Å². The van der Waals surface area contributed by atoms with Crippen molar-refractivity contribution in [1.82, 2.24) is 9.80 Å². The molecule has 0 aliphatic carbocycles. The van der Waals surface area contributed by atoms with E-state index in [4.69, 9.17) is 9.47 Å². The molecule has 1 aromatic carbocycles. The van der Waals surface area contributed by atoms with E-state index in [0.717, 1.165) is 0 Å². The normalized spacial score (nSPS) is 10.1. The Morgan fingerprint density at radius 1 is 1.00 bits per heavy atom. The number of hydrogen-bond acceptors (Lipinski definition) is 7.